The predicted molar refractivity (Wildman–Crippen MR) is 86.6 cm³/mol. The molecule has 1 fully saturated rings. The minimum Gasteiger partial charge on any atom is -0.378 e. The number of rotatable bonds is 5. The number of H-pyrrole nitrogens is 1. The Morgan fingerprint density at radius 1 is 1.29 bits per heavy atom. The summed E-state index contributed by atoms with van der Waals surface area (Å²) in [5.74, 6) is 0.582. The van der Waals surface area contributed by atoms with E-state index in [0.29, 0.717) is 25.6 Å². The van der Waals surface area contributed by atoms with E-state index in [4.69, 9.17) is 9.26 Å². The van der Waals surface area contributed by atoms with E-state index in [9.17, 15) is 4.79 Å². The Balaban J connectivity index is 1.44. The van der Waals surface area contributed by atoms with Gasteiger partial charge in [-0.15, -0.1) is 0 Å². The maximum atomic E-state index is 12.1. The number of hydrogen-bond donors (Lipinski definition) is 1. The first-order chi connectivity index (χ1) is 11.8. The van der Waals surface area contributed by atoms with Crippen LogP contribution in [0, 0.1) is 0 Å². The molecule has 3 aromatic rings. The molecule has 1 saturated heterocycles. The number of fused-ring (bicyclic) bond motifs is 1. The minimum atomic E-state index is -0.0633. The van der Waals surface area contributed by atoms with Crippen LogP contribution in [0.25, 0.3) is 11.0 Å². The first-order valence-electron chi connectivity index (χ1n) is 8.09. The summed E-state index contributed by atoms with van der Waals surface area (Å²) >= 11 is 0. The molecule has 0 bridgehead atoms. The number of aryl methyl sites for hydroxylation is 1. The molecule has 3 heterocycles. The van der Waals surface area contributed by atoms with Crippen LogP contribution in [0.5, 0.6) is 0 Å². The van der Waals surface area contributed by atoms with E-state index in [1.54, 1.807) is 4.57 Å². The lowest BCUT2D eigenvalue weighted by atomic mass is 10.2. The van der Waals surface area contributed by atoms with Crippen molar-refractivity contribution in [1.82, 2.24) is 24.6 Å². The highest BCUT2D eigenvalue weighted by atomic mass is 16.5. The predicted octanol–water partition coefficient (Wildman–Crippen LogP) is 1.18. The first-order valence-corrected chi connectivity index (χ1v) is 8.09. The van der Waals surface area contributed by atoms with Gasteiger partial charge in [-0.25, -0.2) is 4.79 Å². The van der Waals surface area contributed by atoms with Gasteiger partial charge in [-0.3, -0.25) is 9.47 Å². The fourth-order valence-electron chi connectivity index (χ4n) is 3.22. The van der Waals surface area contributed by atoms with E-state index < -0.39 is 0 Å². The Labute approximate surface area is 138 Å². The third-order valence-electron chi connectivity index (χ3n) is 4.41. The molecule has 126 valence electrons. The monoisotopic (exact) mass is 329 g/mol. The number of para-hydroxylation sites is 2. The summed E-state index contributed by atoms with van der Waals surface area (Å²) in [5.41, 5.74) is 1.75. The summed E-state index contributed by atoms with van der Waals surface area (Å²) in [5, 5.41) is 3.68. The van der Waals surface area contributed by atoms with Crippen molar-refractivity contribution in [3.8, 4) is 0 Å². The number of nitrogens with zero attached hydrogens (tertiary/aromatic N) is 4. The Morgan fingerprint density at radius 2 is 2.21 bits per heavy atom. The highest BCUT2D eigenvalue weighted by Crippen LogP contribution is 2.22. The van der Waals surface area contributed by atoms with E-state index in [2.05, 4.69) is 20.0 Å². The van der Waals surface area contributed by atoms with Gasteiger partial charge in [-0.05, 0) is 18.6 Å². The molecule has 0 radical (unpaired) electrons. The minimum absolute atomic E-state index is 0.0130. The molecular weight excluding hydrogens is 310 g/mol. The van der Waals surface area contributed by atoms with Gasteiger partial charge in [0.2, 0.25) is 5.89 Å². The zero-order valence-corrected chi connectivity index (χ0v) is 13.2. The summed E-state index contributed by atoms with van der Waals surface area (Å²) in [6.45, 7) is 3.56. The maximum Gasteiger partial charge on any atom is 0.326 e. The number of benzene rings is 1. The second-order valence-corrected chi connectivity index (χ2v) is 5.86. The zero-order chi connectivity index (χ0) is 16.4. The summed E-state index contributed by atoms with van der Waals surface area (Å²) in [7, 11) is 0. The second kappa shape index (κ2) is 6.58. The van der Waals surface area contributed by atoms with E-state index in [-0.39, 0.29) is 11.7 Å². The number of hydrogen-bond acceptors (Lipinski definition) is 6. The lowest BCUT2D eigenvalue weighted by molar-refractivity contribution is -0.0206. The van der Waals surface area contributed by atoms with Crippen LogP contribution in [0.2, 0.25) is 0 Å². The molecule has 8 nitrogen and oxygen atoms in total. The Hall–Kier alpha value is -2.45. The van der Waals surface area contributed by atoms with Crippen molar-refractivity contribution in [2.24, 2.45) is 0 Å². The highest BCUT2D eigenvalue weighted by molar-refractivity contribution is 5.74. The van der Waals surface area contributed by atoms with Crippen LogP contribution in [0.15, 0.2) is 39.9 Å². The molecule has 1 N–H and O–H groups in total. The average molecular weight is 329 g/mol. The Morgan fingerprint density at radius 3 is 3.08 bits per heavy atom. The average Bonchev–Trinajstić information content (AvgIpc) is 3.24. The molecular formula is C16H19N5O3. The number of aromatic nitrogens is 4. The van der Waals surface area contributed by atoms with Crippen molar-refractivity contribution < 1.29 is 9.26 Å². The molecule has 1 unspecified atom stereocenters. The van der Waals surface area contributed by atoms with E-state index in [0.717, 1.165) is 30.5 Å². The molecule has 1 atom stereocenters. The molecule has 4 rings (SSSR count). The third-order valence-corrected chi connectivity index (χ3v) is 4.41. The van der Waals surface area contributed by atoms with Gasteiger partial charge >= 0.3 is 5.69 Å². The highest BCUT2D eigenvalue weighted by Gasteiger charge is 2.28. The third kappa shape index (κ3) is 2.85. The number of aromatic amines is 1. The van der Waals surface area contributed by atoms with Gasteiger partial charge in [0.15, 0.2) is 6.33 Å². The SMILES string of the molecule is O=c1[nH]c2ccccc2n1CCCN1CCOCC1c1ncno1. The summed E-state index contributed by atoms with van der Waals surface area (Å²) in [6, 6.07) is 7.73. The normalized spacial score (nSPS) is 19.1. The summed E-state index contributed by atoms with van der Waals surface area (Å²) < 4.78 is 12.5. The quantitative estimate of drug-likeness (QED) is 0.756. The van der Waals surface area contributed by atoms with E-state index in [1.165, 1.54) is 6.33 Å². The van der Waals surface area contributed by atoms with Crippen LogP contribution in [-0.2, 0) is 11.3 Å². The van der Waals surface area contributed by atoms with Gasteiger partial charge in [0.25, 0.3) is 0 Å². The standard InChI is InChI=1S/C16H19N5O3/c22-16-19-12-4-1-2-5-13(12)21(16)7-3-6-20-8-9-23-10-14(20)15-17-11-18-24-15/h1-2,4-5,11,14H,3,6-10H2,(H,19,22). The van der Waals surface area contributed by atoms with E-state index in [1.807, 2.05) is 24.3 Å². The van der Waals surface area contributed by atoms with Gasteiger partial charge in [0.05, 0.1) is 24.2 Å². The number of nitrogens with one attached hydrogen (secondary N) is 1. The van der Waals surface area contributed by atoms with E-state index >= 15 is 0 Å². The zero-order valence-electron chi connectivity index (χ0n) is 13.2. The molecule has 0 amide bonds. The van der Waals surface area contributed by atoms with Crippen LogP contribution in [0.3, 0.4) is 0 Å². The molecule has 1 aliphatic rings. The van der Waals surface area contributed by atoms with Crippen molar-refractivity contribution in [2.45, 2.75) is 19.0 Å². The van der Waals surface area contributed by atoms with Crippen molar-refractivity contribution in [1.29, 1.82) is 0 Å². The Bertz CT molecular complexity index is 854. The second-order valence-electron chi connectivity index (χ2n) is 5.86. The number of ether oxygens (including phenoxy) is 1. The van der Waals surface area contributed by atoms with Gasteiger partial charge < -0.3 is 14.2 Å². The van der Waals surface area contributed by atoms with Crippen LogP contribution >= 0.6 is 0 Å². The summed E-state index contributed by atoms with van der Waals surface area (Å²) in [6.07, 6.45) is 2.26. The molecule has 8 heteroatoms. The van der Waals surface area contributed by atoms with Gasteiger partial charge in [0.1, 0.15) is 6.04 Å². The van der Waals surface area contributed by atoms with Crippen molar-refractivity contribution >= 4 is 11.0 Å². The molecule has 24 heavy (non-hydrogen) atoms. The van der Waals surface area contributed by atoms with Crippen LogP contribution in [-0.4, -0.2) is 50.9 Å². The van der Waals surface area contributed by atoms with Gasteiger partial charge in [0, 0.05) is 19.6 Å². The van der Waals surface area contributed by atoms with Crippen molar-refractivity contribution in [3.63, 3.8) is 0 Å². The van der Waals surface area contributed by atoms with Crippen LogP contribution in [0.4, 0.5) is 0 Å². The maximum absolute atomic E-state index is 12.1. The van der Waals surface area contributed by atoms with Crippen molar-refractivity contribution in [2.75, 3.05) is 26.3 Å². The van der Waals surface area contributed by atoms with Crippen LogP contribution in [0.1, 0.15) is 18.4 Å². The van der Waals surface area contributed by atoms with Gasteiger partial charge in [-0.1, -0.05) is 17.3 Å². The van der Waals surface area contributed by atoms with Crippen LogP contribution < -0.4 is 5.69 Å². The summed E-state index contributed by atoms with van der Waals surface area (Å²) in [4.78, 5) is 21.4. The Kier molecular flexibility index (Phi) is 4.14. The molecule has 0 aliphatic carbocycles. The number of morpholine rings is 1. The van der Waals surface area contributed by atoms with Gasteiger partial charge in [-0.2, -0.15) is 4.98 Å². The molecule has 0 spiro atoms. The molecule has 1 aliphatic heterocycles. The smallest absolute Gasteiger partial charge is 0.326 e. The largest absolute Gasteiger partial charge is 0.378 e. The van der Waals surface area contributed by atoms with Crippen molar-refractivity contribution in [3.05, 3.63) is 47.0 Å². The fourth-order valence-corrected chi connectivity index (χ4v) is 3.22. The number of imidazole rings is 1. The fraction of sp³-hybridized carbons (Fsp3) is 0.438. The molecule has 0 saturated carbocycles. The molecule has 2 aromatic heterocycles. The lowest BCUT2D eigenvalue weighted by Crippen LogP contribution is -2.40. The first kappa shape index (κ1) is 15.1. The topological polar surface area (TPSA) is 89.2 Å². The molecule has 1 aromatic carbocycles. The lowest BCUT2D eigenvalue weighted by Gasteiger charge is -2.33.